The van der Waals surface area contributed by atoms with E-state index in [4.69, 9.17) is 19.2 Å². The van der Waals surface area contributed by atoms with Crippen LogP contribution in [0.5, 0.6) is 5.75 Å². The van der Waals surface area contributed by atoms with E-state index < -0.39 is 0 Å². The molecule has 1 aliphatic heterocycles. The Balaban J connectivity index is 0.00000363. The van der Waals surface area contributed by atoms with Gasteiger partial charge < -0.3 is 29.4 Å². The molecule has 1 atom stereocenters. The van der Waals surface area contributed by atoms with E-state index in [2.05, 4.69) is 20.8 Å². The molecule has 1 fully saturated rings. The van der Waals surface area contributed by atoms with Crippen LogP contribution >= 0.6 is 24.0 Å². The maximum absolute atomic E-state index is 5.74. The maximum atomic E-state index is 5.74. The van der Waals surface area contributed by atoms with Crippen molar-refractivity contribution in [3.8, 4) is 5.75 Å². The summed E-state index contributed by atoms with van der Waals surface area (Å²) in [6, 6.07) is 7.92. The lowest BCUT2D eigenvalue weighted by Gasteiger charge is -2.13. The summed E-state index contributed by atoms with van der Waals surface area (Å²) in [4.78, 5) is 4.72. The fourth-order valence-corrected chi connectivity index (χ4v) is 3.21. The Kier molecular flexibility index (Phi) is 11.7. The second kappa shape index (κ2) is 14.3. The number of hydrogen-bond acceptors (Lipinski definition) is 6. The van der Waals surface area contributed by atoms with Gasteiger partial charge in [-0.15, -0.1) is 34.2 Å². The van der Waals surface area contributed by atoms with Crippen molar-refractivity contribution in [2.24, 2.45) is 12.0 Å². The van der Waals surface area contributed by atoms with Crippen molar-refractivity contribution in [3.63, 3.8) is 0 Å². The molecule has 2 heterocycles. The second-order valence-corrected chi connectivity index (χ2v) is 7.58. The van der Waals surface area contributed by atoms with E-state index in [9.17, 15) is 0 Å². The van der Waals surface area contributed by atoms with Gasteiger partial charge in [-0.2, -0.15) is 0 Å². The number of benzene rings is 1. The monoisotopic (exact) mass is 558 g/mol. The van der Waals surface area contributed by atoms with Crippen molar-refractivity contribution in [2.75, 3.05) is 33.5 Å². The van der Waals surface area contributed by atoms with E-state index in [1.165, 1.54) is 0 Å². The minimum Gasteiger partial charge on any atom is -0.497 e. The summed E-state index contributed by atoms with van der Waals surface area (Å²) in [5.41, 5.74) is 1.11. The SMILES string of the molecule is COc1ccc(CN=C(NCCCOCC2CCCO2)NCc2nnc(C)n2C)cc1.I. The number of hydrogen-bond donors (Lipinski definition) is 2. The summed E-state index contributed by atoms with van der Waals surface area (Å²) >= 11 is 0. The first-order chi connectivity index (χ1) is 15.2. The number of aryl methyl sites for hydroxylation is 1. The van der Waals surface area contributed by atoms with Crippen molar-refractivity contribution < 1.29 is 14.2 Å². The molecule has 2 N–H and O–H groups in total. The van der Waals surface area contributed by atoms with Crippen molar-refractivity contribution in [1.29, 1.82) is 0 Å². The van der Waals surface area contributed by atoms with Gasteiger partial charge in [-0.1, -0.05) is 12.1 Å². The maximum Gasteiger partial charge on any atom is 0.191 e. The topological polar surface area (TPSA) is 94.8 Å². The molecule has 9 nitrogen and oxygen atoms in total. The molecule has 1 aromatic carbocycles. The Morgan fingerprint density at radius 2 is 2.06 bits per heavy atom. The smallest absolute Gasteiger partial charge is 0.191 e. The van der Waals surface area contributed by atoms with E-state index >= 15 is 0 Å². The van der Waals surface area contributed by atoms with Gasteiger partial charge in [0.2, 0.25) is 0 Å². The van der Waals surface area contributed by atoms with Crippen molar-refractivity contribution >= 4 is 29.9 Å². The molecule has 2 aromatic rings. The first-order valence-electron chi connectivity index (χ1n) is 10.8. The van der Waals surface area contributed by atoms with Crippen LogP contribution in [0.3, 0.4) is 0 Å². The molecule has 0 spiro atoms. The Hall–Kier alpha value is -1.92. The van der Waals surface area contributed by atoms with Crippen LogP contribution in [0.1, 0.15) is 36.5 Å². The normalized spacial score (nSPS) is 16.0. The van der Waals surface area contributed by atoms with Gasteiger partial charge in [-0.3, -0.25) is 0 Å². The standard InChI is InChI=1S/C22H34N6O3.HI/c1-17-26-27-21(28(17)2)15-25-22(24-14-18-7-9-19(29-3)10-8-18)23-11-5-12-30-16-20-6-4-13-31-20;/h7-10,20H,4-6,11-16H2,1-3H3,(H2,23,24,25);1H. The van der Waals surface area contributed by atoms with E-state index in [0.717, 1.165) is 61.3 Å². The third-order valence-corrected chi connectivity index (χ3v) is 5.26. The number of aromatic nitrogens is 3. The number of halogens is 1. The number of ether oxygens (including phenoxy) is 3. The molecule has 1 saturated heterocycles. The lowest BCUT2D eigenvalue weighted by Crippen LogP contribution is -2.38. The van der Waals surface area contributed by atoms with Gasteiger partial charge in [-0.25, -0.2) is 4.99 Å². The zero-order valence-electron chi connectivity index (χ0n) is 19.2. The quantitative estimate of drug-likeness (QED) is 0.190. The van der Waals surface area contributed by atoms with E-state index in [1.54, 1.807) is 7.11 Å². The molecular formula is C22H35IN6O3. The summed E-state index contributed by atoms with van der Waals surface area (Å²) in [5.74, 6) is 3.31. The Labute approximate surface area is 207 Å². The van der Waals surface area contributed by atoms with Gasteiger partial charge in [0.15, 0.2) is 11.8 Å². The number of nitrogens with zero attached hydrogens (tertiary/aromatic N) is 4. The zero-order valence-corrected chi connectivity index (χ0v) is 21.5. The minimum atomic E-state index is 0. The van der Waals surface area contributed by atoms with Crippen molar-refractivity contribution in [1.82, 2.24) is 25.4 Å². The van der Waals surface area contributed by atoms with E-state index in [0.29, 0.717) is 26.3 Å². The van der Waals surface area contributed by atoms with Gasteiger partial charge in [0.25, 0.3) is 0 Å². The van der Waals surface area contributed by atoms with Crippen LogP contribution in [-0.2, 0) is 29.6 Å². The summed E-state index contributed by atoms with van der Waals surface area (Å²) in [6.07, 6.45) is 3.40. The van der Waals surface area contributed by atoms with Crippen molar-refractivity contribution in [3.05, 3.63) is 41.5 Å². The highest BCUT2D eigenvalue weighted by Gasteiger charge is 2.15. The highest BCUT2D eigenvalue weighted by molar-refractivity contribution is 14.0. The van der Waals surface area contributed by atoms with Crippen LogP contribution in [0.15, 0.2) is 29.3 Å². The van der Waals surface area contributed by atoms with E-state index in [1.807, 2.05) is 42.8 Å². The lowest BCUT2D eigenvalue weighted by molar-refractivity contribution is 0.0168. The average Bonchev–Trinajstić information content (AvgIpc) is 3.42. The molecule has 0 amide bonds. The predicted octanol–water partition coefficient (Wildman–Crippen LogP) is 2.57. The van der Waals surface area contributed by atoms with Gasteiger partial charge in [0, 0.05) is 26.8 Å². The Morgan fingerprint density at radius 3 is 2.72 bits per heavy atom. The van der Waals surface area contributed by atoms with Gasteiger partial charge in [0.05, 0.1) is 32.9 Å². The zero-order chi connectivity index (χ0) is 21.9. The molecule has 0 saturated carbocycles. The van der Waals surface area contributed by atoms with Gasteiger partial charge in [0.1, 0.15) is 11.6 Å². The lowest BCUT2D eigenvalue weighted by atomic mass is 10.2. The Bertz CT molecular complexity index is 822. The van der Waals surface area contributed by atoms with E-state index in [-0.39, 0.29) is 30.1 Å². The first kappa shape index (κ1) is 26.3. The molecule has 1 aromatic heterocycles. The molecule has 32 heavy (non-hydrogen) atoms. The number of guanidine groups is 1. The molecule has 178 valence electrons. The van der Waals surface area contributed by atoms with Crippen LogP contribution < -0.4 is 15.4 Å². The highest BCUT2D eigenvalue weighted by Crippen LogP contribution is 2.12. The first-order valence-corrected chi connectivity index (χ1v) is 10.8. The molecule has 10 heteroatoms. The summed E-state index contributed by atoms with van der Waals surface area (Å²) in [6.45, 7) is 6.04. The van der Waals surface area contributed by atoms with Crippen LogP contribution in [0.2, 0.25) is 0 Å². The summed E-state index contributed by atoms with van der Waals surface area (Å²) in [7, 11) is 3.62. The average molecular weight is 558 g/mol. The van der Waals surface area contributed by atoms with Crippen LogP contribution in [0, 0.1) is 6.92 Å². The molecule has 0 bridgehead atoms. The molecule has 3 rings (SSSR count). The number of rotatable bonds is 11. The summed E-state index contributed by atoms with van der Waals surface area (Å²) in [5, 5.41) is 15.0. The highest BCUT2D eigenvalue weighted by atomic mass is 127. The van der Waals surface area contributed by atoms with Gasteiger partial charge in [-0.05, 0) is 43.9 Å². The third-order valence-electron chi connectivity index (χ3n) is 5.26. The minimum absolute atomic E-state index is 0. The number of aliphatic imine (C=N–C) groups is 1. The number of nitrogens with one attached hydrogen (secondary N) is 2. The van der Waals surface area contributed by atoms with Crippen LogP contribution in [0.25, 0.3) is 0 Å². The molecule has 1 aliphatic rings. The number of methoxy groups -OCH3 is 1. The van der Waals surface area contributed by atoms with Crippen molar-refractivity contribution in [2.45, 2.75) is 45.4 Å². The molecule has 0 radical (unpaired) electrons. The largest absolute Gasteiger partial charge is 0.497 e. The fraction of sp³-hybridized carbons (Fsp3) is 0.591. The Morgan fingerprint density at radius 1 is 1.25 bits per heavy atom. The molecular weight excluding hydrogens is 523 g/mol. The summed E-state index contributed by atoms with van der Waals surface area (Å²) < 4.78 is 18.5. The van der Waals surface area contributed by atoms with Gasteiger partial charge >= 0.3 is 0 Å². The second-order valence-electron chi connectivity index (χ2n) is 7.58. The predicted molar refractivity (Wildman–Crippen MR) is 135 cm³/mol. The fourth-order valence-electron chi connectivity index (χ4n) is 3.21. The molecule has 1 unspecified atom stereocenters. The molecule has 0 aliphatic carbocycles. The van der Waals surface area contributed by atoms with Crippen LogP contribution in [-0.4, -0.2) is 60.3 Å². The third kappa shape index (κ3) is 8.55. The van der Waals surface area contributed by atoms with Crippen LogP contribution in [0.4, 0.5) is 0 Å².